The molecule has 1 aromatic carbocycles. The van der Waals surface area contributed by atoms with Crippen LogP contribution in [0.25, 0.3) is 11.4 Å². The second-order valence-electron chi connectivity index (χ2n) is 10.5. The zero-order valence-corrected chi connectivity index (χ0v) is 23.0. The van der Waals surface area contributed by atoms with Crippen LogP contribution in [0.3, 0.4) is 0 Å². The number of alkyl halides is 3. The lowest BCUT2D eigenvalue weighted by atomic mass is 10.1. The van der Waals surface area contributed by atoms with Crippen molar-refractivity contribution in [2.45, 2.75) is 38.4 Å². The van der Waals surface area contributed by atoms with Gasteiger partial charge in [0.05, 0.1) is 39.1 Å². The number of aryl methyl sites for hydroxylation is 2. The highest BCUT2D eigenvalue weighted by molar-refractivity contribution is 5.95. The molecule has 2 heterocycles. The van der Waals surface area contributed by atoms with Crippen LogP contribution in [0.2, 0.25) is 0 Å². The number of aliphatic carboxylic acids is 1. The van der Waals surface area contributed by atoms with Crippen LogP contribution < -0.4 is 10.6 Å². The Morgan fingerprint density at radius 1 is 1.12 bits per heavy atom. The van der Waals surface area contributed by atoms with Crippen LogP contribution in [0.1, 0.15) is 40.0 Å². The summed E-state index contributed by atoms with van der Waals surface area (Å²) in [4.78, 5) is 31.2. The minimum absolute atomic E-state index is 0.104. The number of benzene rings is 1. The first-order valence-corrected chi connectivity index (χ1v) is 12.8. The molecular formula is C27H35F3N7O3+. The van der Waals surface area contributed by atoms with Gasteiger partial charge in [-0.05, 0) is 30.4 Å². The number of hydrogen-bond donors (Lipinski definition) is 3. The number of carbonyl (C=O) groups excluding carboxylic acids is 1. The minimum Gasteiger partial charge on any atom is -0.475 e. The average Bonchev–Trinajstić information content (AvgIpc) is 3.09. The molecule has 0 atom stereocenters. The Morgan fingerprint density at radius 2 is 1.80 bits per heavy atom. The Kier molecular flexibility index (Phi) is 9.85. The van der Waals surface area contributed by atoms with Crippen molar-refractivity contribution in [1.82, 2.24) is 25.1 Å². The molecule has 3 aromatic rings. The van der Waals surface area contributed by atoms with Gasteiger partial charge in [0.1, 0.15) is 0 Å². The van der Waals surface area contributed by atoms with Crippen LogP contribution in [-0.4, -0.2) is 81.6 Å². The van der Waals surface area contributed by atoms with Crippen LogP contribution in [0.4, 0.5) is 19.1 Å². The molecular weight excluding hydrogens is 527 g/mol. The molecule has 0 saturated heterocycles. The molecule has 1 aliphatic carbocycles. The maximum Gasteiger partial charge on any atom is 0.490 e. The zero-order chi connectivity index (χ0) is 29.5. The van der Waals surface area contributed by atoms with Crippen LogP contribution in [0, 0.1) is 0 Å². The van der Waals surface area contributed by atoms with Crippen molar-refractivity contribution in [2.75, 3.05) is 39.5 Å². The molecule has 0 aliphatic heterocycles. The predicted octanol–water partition coefficient (Wildman–Crippen LogP) is 3.44. The molecule has 4 rings (SSSR count). The maximum atomic E-state index is 13.0. The van der Waals surface area contributed by atoms with Crippen molar-refractivity contribution < 1.29 is 32.3 Å². The number of aromatic nitrogens is 4. The lowest BCUT2D eigenvalue weighted by molar-refractivity contribution is -0.870. The van der Waals surface area contributed by atoms with Gasteiger partial charge >= 0.3 is 12.1 Å². The molecule has 0 spiro atoms. The minimum atomic E-state index is -5.08. The van der Waals surface area contributed by atoms with E-state index in [9.17, 15) is 18.0 Å². The zero-order valence-electron chi connectivity index (χ0n) is 23.0. The number of nitrogens with zero attached hydrogens (tertiary/aromatic N) is 5. The first-order chi connectivity index (χ1) is 18.8. The number of amides is 1. The second kappa shape index (κ2) is 12.9. The number of quaternary nitrogens is 1. The number of fused-ring (bicyclic) bond motifs is 3. The van der Waals surface area contributed by atoms with Crippen LogP contribution in [0.5, 0.6) is 0 Å². The van der Waals surface area contributed by atoms with E-state index in [-0.39, 0.29) is 5.91 Å². The topological polar surface area (TPSA) is 122 Å². The molecule has 13 heteroatoms. The Hall–Kier alpha value is -4.00. The number of carbonyl (C=O) groups is 2. The Labute approximate surface area is 230 Å². The van der Waals surface area contributed by atoms with Crippen molar-refractivity contribution >= 4 is 17.8 Å². The van der Waals surface area contributed by atoms with Gasteiger partial charge < -0.3 is 20.2 Å². The molecule has 0 radical (unpaired) electrons. The molecule has 216 valence electrons. The smallest absolute Gasteiger partial charge is 0.475 e. The van der Waals surface area contributed by atoms with Gasteiger partial charge in [-0.2, -0.15) is 18.3 Å². The largest absolute Gasteiger partial charge is 0.490 e. The third-order valence-corrected chi connectivity index (χ3v) is 6.15. The fraction of sp³-hybridized carbons (Fsp3) is 0.444. The van der Waals surface area contributed by atoms with Gasteiger partial charge in [0.2, 0.25) is 5.95 Å². The molecule has 1 amide bonds. The second-order valence-corrected chi connectivity index (χ2v) is 10.5. The van der Waals surface area contributed by atoms with Crippen LogP contribution >= 0.6 is 0 Å². The summed E-state index contributed by atoms with van der Waals surface area (Å²) in [5.74, 6) is -2.28. The van der Waals surface area contributed by atoms with Gasteiger partial charge in [0.25, 0.3) is 5.91 Å². The lowest BCUT2D eigenvalue weighted by Crippen LogP contribution is -2.37. The van der Waals surface area contributed by atoms with Gasteiger partial charge in [-0.25, -0.2) is 14.8 Å². The Balaban J connectivity index is 0.000000559. The van der Waals surface area contributed by atoms with Gasteiger partial charge in [0.15, 0.2) is 5.69 Å². The van der Waals surface area contributed by atoms with E-state index in [1.807, 2.05) is 31.4 Å². The van der Waals surface area contributed by atoms with E-state index in [4.69, 9.17) is 14.9 Å². The number of hydrogen-bond acceptors (Lipinski definition) is 6. The molecule has 0 unspecified atom stereocenters. The van der Waals surface area contributed by atoms with E-state index in [1.54, 1.807) is 4.68 Å². The number of nitrogens with one attached hydrogen (secondary N) is 2. The van der Waals surface area contributed by atoms with Gasteiger partial charge in [-0.1, -0.05) is 30.3 Å². The summed E-state index contributed by atoms with van der Waals surface area (Å²) in [6, 6.07) is 10.2. The molecule has 0 saturated carbocycles. The summed E-state index contributed by atoms with van der Waals surface area (Å²) in [5, 5.41) is 18.1. The third-order valence-electron chi connectivity index (χ3n) is 6.15. The fourth-order valence-corrected chi connectivity index (χ4v) is 4.23. The Morgan fingerprint density at radius 3 is 2.42 bits per heavy atom. The van der Waals surface area contributed by atoms with E-state index >= 15 is 0 Å². The summed E-state index contributed by atoms with van der Waals surface area (Å²) in [5.41, 5.74) is 5.55. The maximum absolute atomic E-state index is 13.0. The molecule has 40 heavy (non-hydrogen) atoms. The first kappa shape index (κ1) is 30.5. The van der Waals surface area contributed by atoms with E-state index in [0.717, 1.165) is 59.2 Å². The van der Waals surface area contributed by atoms with Crippen molar-refractivity contribution in [1.29, 1.82) is 0 Å². The van der Waals surface area contributed by atoms with Crippen LogP contribution in [0.15, 0.2) is 36.5 Å². The van der Waals surface area contributed by atoms with Gasteiger partial charge in [-0.15, -0.1) is 0 Å². The van der Waals surface area contributed by atoms with Gasteiger partial charge in [-0.3, -0.25) is 9.48 Å². The SMILES string of the molecule is Cn1nc(C(=O)NCCC[N+](C)(C)C)c2c1-c1nc(NCc3ccccc3)ncc1CCC2.O=C(O)C(F)(F)F. The normalized spacial score (nSPS) is 12.8. The average molecular weight is 563 g/mol. The molecule has 3 N–H and O–H groups in total. The van der Waals surface area contributed by atoms with Crippen molar-refractivity contribution in [3.05, 3.63) is 58.9 Å². The van der Waals surface area contributed by atoms with Crippen LogP contribution in [-0.2, 0) is 31.2 Å². The summed E-state index contributed by atoms with van der Waals surface area (Å²) >= 11 is 0. The van der Waals surface area contributed by atoms with Crippen molar-refractivity contribution in [3.63, 3.8) is 0 Å². The number of carboxylic acid groups (broad SMARTS) is 1. The summed E-state index contributed by atoms with van der Waals surface area (Å²) in [7, 11) is 8.36. The Bertz CT molecular complexity index is 1320. The highest BCUT2D eigenvalue weighted by Crippen LogP contribution is 2.33. The predicted molar refractivity (Wildman–Crippen MR) is 144 cm³/mol. The third kappa shape index (κ3) is 8.50. The highest BCUT2D eigenvalue weighted by Gasteiger charge is 2.38. The molecule has 10 nitrogen and oxygen atoms in total. The van der Waals surface area contributed by atoms with E-state index < -0.39 is 12.1 Å². The number of halogens is 3. The molecule has 1 aliphatic rings. The van der Waals surface area contributed by atoms with E-state index in [0.29, 0.717) is 24.7 Å². The van der Waals surface area contributed by atoms with Gasteiger partial charge in [0, 0.05) is 38.3 Å². The van der Waals surface area contributed by atoms with Crippen molar-refractivity contribution in [3.8, 4) is 11.4 Å². The van der Waals surface area contributed by atoms with E-state index in [2.05, 4.69) is 54.0 Å². The number of rotatable bonds is 8. The number of anilines is 1. The quantitative estimate of drug-likeness (QED) is 0.284. The fourth-order valence-electron chi connectivity index (χ4n) is 4.23. The van der Waals surface area contributed by atoms with Crippen molar-refractivity contribution in [2.24, 2.45) is 7.05 Å². The molecule has 2 aromatic heterocycles. The molecule has 0 fully saturated rings. The lowest BCUT2D eigenvalue weighted by Gasteiger charge is -2.23. The molecule has 0 bridgehead atoms. The summed E-state index contributed by atoms with van der Waals surface area (Å²) in [6.07, 6.45) is 0.369. The first-order valence-electron chi connectivity index (χ1n) is 12.8. The summed E-state index contributed by atoms with van der Waals surface area (Å²) in [6.45, 7) is 2.30. The summed E-state index contributed by atoms with van der Waals surface area (Å²) < 4.78 is 34.4. The standard InChI is InChI=1S/C25H33N7O.C2HF3O2/c1-31-23-20(22(30-31)24(33)26-14-9-15-32(2,3)4)13-8-12-19-17-28-25(29-21(19)23)27-16-18-10-6-5-7-11-18;3-2(4,5)1(6)7/h5-7,10-11,17H,8-9,12-16H2,1-4H3,(H-,26,27,28,29,33);(H,6,7)/p+1. The highest BCUT2D eigenvalue weighted by atomic mass is 19.4. The van der Waals surface area contributed by atoms with E-state index in [1.165, 1.54) is 5.56 Å². The monoisotopic (exact) mass is 562 g/mol. The number of carboxylic acids is 1.